The summed E-state index contributed by atoms with van der Waals surface area (Å²) >= 11 is 2.92. The molecular formula is C18H18N2O2S2. The molecule has 0 bridgehead atoms. The lowest BCUT2D eigenvalue weighted by molar-refractivity contribution is 0.102. The van der Waals surface area contributed by atoms with E-state index in [2.05, 4.69) is 24.0 Å². The Balaban J connectivity index is 1.69. The Bertz CT molecular complexity index is 896. The second-order valence-corrected chi connectivity index (χ2v) is 8.10. The van der Waals surface area contributed by atoms with E-state index in [0.29, 0.717) is 16.9 Å². The minimum Gasteiger partial charge on any atom is -0.411 e. The van der Waals surface area contributed by atoms with Crippen LogP contribution in [0.3, 0.4) is 0 Å². The highest BCUT2D eigenvalue weighted by Crippen LogP contribution is 2.27. The Morgan fingerprint density at radius 2 is 1.92 bits per heavy atom. The fourth-order valence-corrected chi connectivity index (χ4v) is 3.96. The molecule has 0 unspecified atom stereocenters. The van der Waals surface area contributed by atoms with Crippen LogP contribution < -0.4 is 0 Å². The summed E-state index contributed by atoms with van der Waals surface area (Å²) in [4.78, 5) is 14.5. The van der Waals surface area contributed by atoms with Crippen LogP contribution in [0.4, 0.5) is 0 Å². The van der Waals surface area contributed by atoms with Gasteiger partial charge in [-0.05, 0) is 57.0 Å². The van der Waals surface area contributed by atoms with Gasteiger partial charge in [-0.2, -0.15) is 0 Å². The van der Waals surface area contributed by atoms with Crippen LogP contribution in [0.2, 0.25) is 0 Å². The Morgan fingerprint density at radius 1 is 1.12 bits per heavy atom. The fourth-order valence-electron chi connectivity index (χ4n) is 2.37. The molecule has 0 saturated carbocycles. The van der Waals surface area contributed by atoms with Crippen molar-refractivity contribution < 1.29 is 9.21 Å². The molecule has 0 spiro atoms. The van der Waals surface area contributed by atoms with Gasteiger partial charge < -0.3 is 4.42 Å². The number of hydrogen-bond acceptors (Lipinski definition) is 6. The van der Waals surface area contributed by atoms with E-state index in [4.69, 9.17) is 4.42 Å². The minimum absolute atomic E-state index is 0.0905. The molecule has 4 nitrogen and oxygen atoms in total. The van der Waals surface area contributed by atoms with Gasteiger partial charge in [0, 0.05) is 20.9 Å². The van der Waals surface area contributed by atoms with Gasteiger partial charge in [-0.3, -0.25) is 4.79 Å². The normalized spacial score (nSPS) is 11.0. The smallest absolute Gasteiger partial charge is 0.277 e. The van der Waals surface area contributed by atoms with E-state index < -0.39 is 0 Å². The summed E-state index contributed by atoms with van der Waals surface area (Å²) in [5, 5.41) is 8.54. The number of carbonyl (C=O) groups is 1. The molecule has 0 fully saturated rings. The monoisotopic (exact) mass is 358 g/mol. The van der Waals surface area contributed by atoms with Crippen molar-refractivity contribution in [3.8, 4) is 11.5 Å². The summed E-state index contributed by atoms with van der Waals surface area (Å²) < 4.78 is 5.68. The quantitative estimate of drug-likeness (QED) is 0.474. The molecule has 2 heterocycles. The maximum absolute atomic E-state index is 12.3. The lowest BCUT2D eigenvalue weighted by atomic mass is 10.1. The minimum atomic E-state index is 0.0905. The number of carbonyl (C=O) groups excluding carboxylic acids is 1. The molecule has 3 rings (SSSR count). The van der Waals surface area contributed by atoms with Crippen LogP contribution in [0.15, 0.2) is 33.9 Å². The van der Waals surface area contributed by atoms with E-state index >= 15 is 0 Å². The van der Waals surface area contributed by atoms with Crippen LogP contribution in [0.25, 0.3) is 11.5 Å². The van der Waals surface area contributed by atoms with Crippen molar-refractivity contribution >= 4 is 28.9 Å². The number of aromatic nitrogens is 2. The van der Waals surface area contributed by atoms with E-state index in [9.17, 15) is 4.79 Å². The van der Waals surface area contributed by atoms with Crippen molar-refractivity contribution in [1.82, 2.24) is 10.2 Å². The Hall–Kier alpha value is -1.92. The predicted octanol–water partition coefficient (Wildman–Crippen LogP) is 5.01. The van der Waals surface area contributed by atoms with Crippen molar-refractivity contribution in [1.29, 1.82) is 0 Å². The van der Waals surface area contributed by atoms with Crippen molar-refractivity contribution in [3.63, 3.8) is 0 Å². The lowest BCUT2D eigenvalue weighted by Gasteiger charge is -2.01. The molecule has 0 radical (unpaired) electrons. The van der Waals surface area contributed by atoms with Crippen LogP contribution >= 0.6 is 23.1 Å². The molecule has 0 aliphatic rings. The number of benzene rings is 1. The standard InChI is InChI=1S/C18H18N2O2S2/c1-10-5-6-14(7-11(10)2)17-19-20-18(22-17)23-9-16(21)15-8-12(3)24-13(15)4/h5-8H,9H2,1-4H3. The van der Waals surface area contributed by atoms with E-state index in [-0.39, 0.29) is 5.78 Å². The molecule has 1 aromatic carbocycles. The third kappa shape index (κ3) is 3.60. The first-order valence-corrected chi connectivity index (χ1v) is 9.38. The number of nitrogens with zero attached hydrogens (tertiary/aromatic N) is 2. The van der Waals surface area contributed by atoms with Gasteiger partial charge in [0.1, 0.15) is 0 Å². The highest BCUT2D eigenvalue weighted by molar-refractivity contribution is 7.99. The van der Waals surface area contributed by atoms with Gasteiger partial charge in [-0.25, -0.2) is 0 Å². The van der Waals surface area contributed by atoms with E-state index in [1.54, 1.807) is 11.3 Å². The van der Waals surface area contributed by atoms with E-state index in [0.717, 1.165) is 20.9 Å². The molecule has 6 heteroatoms. The van der Waals surface area contributed by atoms with Crippen LogP contribution in [-0.4, -0.2) is 21.7 Å². The zero-order chi connectivity index (χ0) is 17.3. The first kappa shape index (κ1) is 16.9. The molecule has 0 atom stereocenters. The summed E-state index contributed by atoms with van der Waals surface area (Å²) in [5.74, 6) is 0.870. The second-order valence-electron chi connectivity index (χ2n) is 5.71. The molecule has 0 aliphatic carbocycles. The number of aryl methyl sites for hydroxylation is 4. The number of hydrogen-bond donors (Lipinski definition) is 0. The van der Waals surface area contributed by atoms with Crippen molar-refractivity contribution in [2.24, 2.45) is 0 Å². The number of Topliss-reactive ketones (excluding diaryl/α,β-unsaturated/α-hetero) is 1. The maximum Gasteiger partial charge on any atom is 0.277 e. The van der Waals surface area contributed by atoms with Gasteiger partial charge in [0.2, 0.25) is 5.89 Å². The largest absolute Gasteiger partial charge is 0.411 e. The molecule has 124 valence electrons. The van der Waals surface area contributed by atoms with Gasteiger partial charge in [0.05, 0.1) is 5.75 Å². The molecule has 0 saturated heterocycles. The molecule has 3 aromatic rings. The summed E-state index contributed by atoms with van der Waals surface area (Å²) in [6.45, 7) is 8.10. The molecule has 0 N–H and O–H groups in total. The highest BCUT2D eigenvalue weighted by Gasteiger charge is 2.15. The fraction of sp³-hybridized carbons (Fsp3) is 0.278. The summed E-state index contributed by atoms with van der Waals surface area (Å²) in [7, 11) is 0. The van der Waals surface area contributed by atoms with E-state index in [1.165, 1.54) is 22.9 Å². The molecule has 24 heavy (non-hydrogen) atoms. The number of rotatable bonds is 5. The van der Waals surface area contributed by atoms with Crippen molar-refractivity contribution in [2.75, 3.05) is 5.75 Å². The summed E-state index contributed by atoms with van der Waals surface area (Å²) in [5.41, 5.74) is 4.09. The predicted molar refractivity (Wildman–Crippen MR) is 98.1 cm³/mol. The van der Waals surface area contributed by atoms with Crippen LogP contribution in [0.1, 0.15) is 31.2 Å². The van der Waals surface area contributed by atoms with Crippen LogP contribution in [0, 0.1) is 27.7 Å². The third-order valence-electron chi connectivity index (χ3n) is 3.83. The number of thioether (sulfide) groups is 1. The topological polar surface area (TPSA) is 56.0 Å². The number of ketones is 1. The molecule has 0 aliphatic heterocycles. The summed E-state index contributed by atoms with van der Waals surface area (Å²) in [6.07, 6.45) is 0. The average Bonchev–Trinajstić information content (AvgIpc) is 3.14. The maximum atomic E-state index is 12.3. The van der Waals surface area contributed by atoms with Crippen LogP contribution in [-0.2, 0) is 0 Å². The first-order chi connectivity index (χ1) is 11.4. The Labute approximate surface area is 149 Å². The lowest BCUT2D eigenvalue weighted by Crippen LogP contribution is -2.02. The van der Waals surface area contributed by atoms with Gasteiger partial charge in [-0.15, -0.1) is 21.5 Å². The first-order valence-electron chi connectivity index (χ1n) is 7.58. The van der Waals surface area contributed by atoms with Gasteiger partial charge >= 0.3 is 0 Å². The Kier molecular flexibility index (Phi) is 4.87. The van der Waals surface area contributed by atoms with Crippen molar-refractivity contribution in [2.45, 2.75) is 32.9 Å². The number of thiophene rings is 1. The second kappa shape index (κ2) is 6.91. The zero-order valence-corrected chi connectivity index (χ0v) is 15.7. The van der Waals surface area contributed by atoms with Gasteiger partial charge in [-0.1, -0.05) is 17.8 Å². The highest BCUT2D eigenvalue weighted by atomic mass is 32.2. The van der Waals surface area contributed by atoms with Crippen molar-refractivity contribution in [3.05, 3.63) is 50.7 Å². The zero-order valence-electron chi connectivity index (χ0n) is 14.0. The Morgan fingerprint density at radius 3 is 2.58 bits per heavy atom. The average molecular weight is 358 g/mol. The molecule has 2 aromatic heterocycles. The summed E-state index contributed by atoms with van der Waals surface area (Å²) in [6, 6.07) is 7.97. The molecule has 0 amide bonds. The van der Waals surface area contributed by atoms with Gasteiger partial charge in [0.25, 0.3) is 5.22 Å². The van der Waals surface area contributed by atoms with Gasteiger partial charge in [0.15, 0.2) is 5.78 Å². The third-order valence-corrected chi connectivity index (χ3v) is 5.61. The van der Waals surface area contributed by atoms with Crippen LogP contribution in [0.5, 0.6) is 0 Å². The van der Waals surface area contributed by atoms with E-state index in [1.807, 2.05) is 38.1 Å². The molecular weight excluding hydrogens is 340 g/mol. The SMILES string of the molecule is Cc1cc(C(=O)CSc2nnc(-c3ccc(C)c(C)c3)o2)c(C)s1.